The van der Waals surface area contributed by atoms with Crippen LogP contribution < -0.4 is 15.9 Å². The number of nitrogens with two attached hydrogens (primary N) is 1. The van der Waals surface area contributed by atoms with Crippen LogP contribution in [0.15, 0.2) is 24.3 Å². The number of ether oxygens (including phenoxy) is 1. The second-order valence-electron chi connectivity index (χ2n) is 4.55. The third kappa shape index (κ3) is 4.73. The zero-order valence-electron chi connectivity index (χ0n) is 11.1. The predicted octanol–water partition coefficient (Wildman–Crippen LogP) is 1.54. The molecule has 0 bridgehead atoms. The lowest BCUT2D eigenvalue weighted by atomic mass is 10.1. The standard InChI is InChI=1S/C13H23N3O/c1-10(2)17-12-7-5-6-11(8-12)13(9-14)15-16(3)4/h5-8,10,13,15H,9,14H2,1-4H3. The van der Waals surface area contributed by atoms with E-state index in [1.807, 2.05) is 51.2 Å². The molecule has 96 valence electrons. The Hall–Kier alpha value is -1.10. The highest BCUT2D eigenvalue weighted by Crippen LogP contribution is 2.19. The maximum absolute atomic E-state index is 5.77. The molecule has 1 atom stereocenters. The Labute approximate surface area is 104 Å². The first-order valence-electron chi connectivity index (χ1n) is 5.93. The van der Waals surface area contributed by atoms with Gasteiger partial charge in [0.1, 0.15) is 5.75 Å². The van der Waals surface area contributed by atoms with E-state index in [0.717, 1.165) is 11.3 Å². The van der Waals surface area contributed by atoms with Crippen LogP contribution in [-0.4, -0.2) is 31.8 Å². The SMILES string of the molecule is CC(C)Oc1cccc(C(CN)NN(C)C)c1. The molecule has 0 saturated carbocycles. The molecule has 1 aromatic rings. The van der Waals surface area contributed by atoms with Crippen LogP contribution in [0.1, 0.15) is 25.5 Å². The molecule has 1 rings (SSSR count). The van der Waals surface area contributed by atoms with Gasteiger partial charge in [-0.3, -0.25) is 0 Å². The molecular formula is C13H23N3O. The van der Waals surface area contributed by atoms with Crippen molar-refractivity contribution in [3.63, 3.8) is 0 Å². The average Bonchev–Trinajstić information content (AvgIpc) is 2.25. The van der Waals surface area contributed by atoms with Crippen molar-refractivity contribution in [2.24, 2.45) is 5.73 Å². The first kappa shape index (κ1) is 14.0. The monoisotopic (exact) mass is 237 g/mol. The van der Waals surface area contributed by atoms with Crippen LogP contribution in [0.5, 0.6) is 5.75 Å². The van der Waals surface area contributed by atoms with Crippen molar-refractivity contribution in [3.05, 3.63) is 29.8 Å². The molecule has 0 fully saturated rings. The summed E-state index contributed by atoms with van der Waals surface area (Å²) in [6, 6.07) is 8.16. The van der Waals surface area contributed by atoms with Gasteiger partial charge in [0.25, 0.3) is 0 Å². The average molecular weight is 237 g/mol. The first-order valence-corrected chi connectivity index (χ1v) is 5.93. The number of hydrogen-bond donors (Lipinski definition) is 2. The van der Waals surface area contributed by atoms with Gasteiger partial charge in [-0.05, 0) is 31.5 Å². The van der Waals surface area contributed by atoms with Crippen LogP contribution in [0, 0.1) is 0 Å². The number of hydrogen-bond acceptors (Lipinski definition) is 4. The Morgan fingerprint density at radius 2 is 2.06 bits per heavy atom. The summed E-state index contributed by atoms with van der Waals surface area (Å²) in [5.41, 5.74) is 10.2. The highest BCUT2D eigenvalue weighted by Gasteiger charge is 2.10. The summed E-state index contributed by atoms with van der Waals surface area (Å²) in [5, 5.41) is 1.91. The van der Waals surface area contributed by atoms with Crippen LogP contribution in [0.25, 0.3) is 0 Å². The van der Waals surface area contributed by atoms with Gasteiger partial charge >= 0.3 is 0 Å². The van der Waals surface area contributed by atoms with Gasteiger partial charge in [0.15, 0.2) is 0 Å². The molecule has 3 N–H and O–H groups in total. The topological polar surface area (TPSA) is 50.5 Å². The Morgan fingerprint density at radius 1 is 1.35 bits per heavy atom. The van der Waals surface area contributed by atoms with E-state index in [0.29, 0.717) is 6.54 Å². The third-order valence-corrected chi connectivity index (χ3v) is 2.28. The molecule has 0 aliphatic heterocycles. The highest BCUT2D eigenvalue weighted by atomic mass is 16.5. The van der Waals surface area contributed by atoms with Crippen molar-refractivity contribution in [1.82, 2.24) is 10.4 Å². The molecular weight excluding hydrogens is 214 g/mol. The summed E-state index contributed by atoms with van der Waals surface area (Å²) < 4.78 is 5.67. The fourth-order valence-electron chi connectivity index (χ4n) is 1.65. The second kappa shape index (κ2) is 6.59. The van der Waals surface area contributed by atoms with Crippen molar-refractivity contribution in [2.45, 2.75) is 26.0 Å². The lowest BCUT2D eigenvalue weighted by Gasteiger charge is -2.22. The van der Waals surface area contributed by atoms with Crippen molar-refractivity contribution < 1.29 is 4.74 Å². The van der Waals surface area contributed by atoms with E-state index in [1.54, 1.807) is 0 Å². The van der Waals surface area contributed by atoms with E-state index < -0.39 is 0 Å². The van der Waals surface area contributed by atoms with Gasteiger partial charge in [0.2, 0.25) is 0 Å². The molecule has 1 unspecified atom stereocenters. The minimum Gasteiger partial charge on any atom is -0.491 e. The number of hydrazine groups is 1. The zero-order chi connectivity index (χ0) is 12.8. The normalized spacial score (nSPS) is 13.1. The van der Waals surface area contributed by atoms with Crippen molar-refractivity contribution in [1.29, 1.82) is 0 Å². The molecule has 17 heavy (non-hydrogen) atoms. The lowest BCUT2D eigenvalue weighted by molar-refractivity contribution is 0.236. The molecule has 4 nitrogen and oxygen atoms in total. The molecule has 0 spiro atoms. The van der Waals surface area contributed by atoms with E-state index in [1.165, 1.54) is 0 Å². The highest BCUT2D eigenvalue weighted by molar-refractivity contribution is 5.30. The summed E-state index contributed by atoms with van der Waals surface area (Å²) in [4.78, 5) is 0. The second-order valence-corrected chi connectivity index (χ2v) is 4.55. The Balaban J connectivity index is 2.81. The fourth-order valence-corrected chi connectivity index (χ4v) is 1.65. The van der Waals surface area contributed by atoms with Gasteiger partial charge in [-0.1, -0.05) is 12.1 Å². The van der Waals surface area contributed by atoms with Crippen molar-refractivity contribution >= 4 is 0 Å². The Kier molecular flexibility index (Phi) is 5.41. The van der Waals surface area contributed by atoms with E-state index in [2.05, 4.69) is 11.5 Å². The molecule has 1 aromatic carbocycles. The Bertz CT molecular complexity index is 339. The number of benzene rings is 1. The molecule has 0 aliphatic rings. The quantitative estimate of drug-likeness (QED) is 0.737. The fraction of sp³-hybridized carbons (Fsp3) is 0.538. The van der Waals surface area contributed by atoms with Gasteiger partial charge < -0.3 is 10.5 Å². The molecule has 0 amide bonds. The minimum atomic E-state index is 0.112. The van der Waals surface area contributed by atoms with Crippen molar-refractivity contribution in [2.75, 3.05) is 20.6 Å². The maximum Gasteiger partial charge on any atom is 0.120 e. The van der Waals surface area contributed by atoms with E-state index >= 15 is 0 Å². The minimum absolute atomic E-state index is 0.112. The zero-order valence-corrected chi connectivity index (χ0v) is 11.1. The largest absolute Gasteiger partial charge is 0.491 e. The van der Waals surface area contributed by atoms with Crippen LogP contribution in [0.3, 0.4) is 0 Å². The molecule has 0 saturated heterocycles. The molecule has 0 aliphatic carbocycles. The van der Waals surface area contributed by atoms with E-state index in [-0.39, 0.29) is 12.1 Å². The van der Waals surface area contributed by atoms with Gasteiger partial charge in [-0.2, -0.15) is 0 Å². The summed E-state index contributed by atoms with van der Waals surface area (Å²) in [6.45, 7) is 4.58. The lowest BCUT2D eigenvalue weighted by Crippen LogP contribution is -2.37. The van der Waals surface area contributed by atoms with Gasteiger partial charge in [-0.25, -0.2) is 10.4 Å². The maximum atomic E-state index is 5.77. The first-order chi connectivity index (χ1) is 8.02. The molecule has 0 aromatic heterocycles. The molecule has 4 heteroatoms. The summed E-state index contributed by atoms with van der Waals surface area (Å²) in [5.74, 6) is 0.886. The number of nitrogens with one attached hydrogen (secondary N) is 1. The molecule has 0 radical (unpaired) electrons. The predicted molar refractivity (Wildman–Crippen MR) is 70.8 cm³/mol. The third-order valence-electron chi connectivity index (χ3n) is 2.28. The van der Waals surface area contributed by atoms with E-state index in [9.17, 15) is 0 Å². The van der Waals surface area contributed by atoms with Gasteiger partial charge in [-0.15, -0.1) is 0 Å². The molecule has 0 heterocycles. The summed E-state index contributed by atoms with van der Waals surface area (Å²) in [6.07, 6.45) is 0.184. The Morgan fingerprint density at radius 3 is 2.59 bits per heavy atom. The summed E-state index contributed by atoms with van der Waals surface area (Å²) in [7, 11) is 3.91. The van der Waals surface area contributed by atoms with Gasteiger partial charge in [0, 0.05) is 20.6 Å². The van der Waals surface area contributed by atoms with Crippen molar-refractivity contribution in [3.8, 4) is 5.75 Å². The van der Waals surface area contributed by atoms with Crippen LogP contribution in [0.2, 0.25) is 0 Å². The van der Waals surface area contributed by atoms with Crippen LogP contribution in [0.4, 0.5) is 0 Å². The van der Waals surface area contributed by atoms with E-state index in [4.69, 9.17) is 10.5 Å². The van der Waals surface area contributed by atoms with Crippen LogP contribution >= 0.6 is 0 Å². The van der Waals surface area contributed by atoms with Crippen LogP contribution in [-0.2, 0) is 0 Å². The smallest absolute Gasteiger partial charge is 0.120 e. The number of nitrogens with zero attached hydrogens (tertiary/aromatic N) is 1. The van der Waals surface area contributed by atoms with Gasteiger partial charge in [0.05, 0.1) is 12.1 Å². The summed E-state index contributed by atoms with van der Waals surface area (Å²) >= 11 is 0. The number of rotatable bonds is 6.